The minimum absolute atomic E-state index is 0.0448. The van der Waals surface area contributed by atoms with Gasteiger partial charge in [0.25, 0.3) is 0 Å². The molecule has 168 valence electrons. The fraction of sp³-hybridized carbons (Fsp3) is 0.364. The van der Waals surface area contributed by atoms with Crippen LogP contribution in [-0.2, 0) is 0 Å². The molecule has 0 aliphatic heterocycles. The van der Waals surface area contributed by atoms with Crippen LogP contribution in [0.4, 0.5) is 0 Å². The number of carbonyl (C=O) groups is 2. The van der Waals surface area contributed by atoms with Crippen LogP contribution in [0.25, 0.3) is 0 Å². The lowest BCUT2D eigenvalue weighted by molar-refractivity contribution is 0.0686. The van der Waals surface area contributed by atoms with Crippen molar-refractivity contribution in [3.05, 3.63) is 53.6 Å². The van der Waals surface area contributed by atoms with E-state index in [1.165, 1.54) is 36.4 Å². The van der Waals surface area contributed by atoms with E-state index in [2.05, 4.69) is 0 Å². The lowest BCUT2D eigenvalue weighted by Crippen LogP contribution is -2.26. The van der Waals surface area contributed by atoms with Crippen LogP contribution in [0.15, 0.2) is 47.2 Å². The smallest absolute Gasteiger partial charge is 0.335 e. The van der Waals surface area contributed by atoms with Gasteiger partial charge in [0.15, 0.2) is 11.5 Å². The van der Waals surface area contributed by atoms with Gasteiger partial charge in [-0.15, -0.1) is 0 Å². The quantitative estimate of drug-likeness (QED) is 0.471. The number of phenolic OH excluding ortho intramolecular Hbond substituents is 1. The van der Waals surface area contributed by atoms with Crippen LogP contribution in [0.3, 0.4) is 0 Å². The van der Waals surface area contributed by atoms with Crippen LogP contribution in [-0.4, -0.2) is 38.0 Å². The molecule has 0 saturated carbocycles. The second-order valence-corrected chi connectivity index (χ2v) is 11.9. The second-order valence-electron chi connectivity index (χ2n) is 8.96. The van der Waals surface area contributed by atoms with Crippen molar-refractivity contribution in [3.8, 4) is 17.2 Å². The van der Waals surface area contributed by atoms with Crippen molar-refractivity contribution in [1.82, 2.24) is 0 Å². The standard InChI is InChI=1S/C22H28NO7P/c1-21(2,3)23-31(22(4,5)6,29-16-10-7-14(8-11-16)19(25)26)30-18-12-9-15(20(27)28)13-17(18)24/h7-13,24H,1-6H3,(H,25,26)(H,27,28). The molecule has 0 spiro atoms. The maximum Gasteiger partial charge on any atom is 0.335 e. The van der Waals surface area contributed by atoms with E-state index in [1.807, 2.05) is 41.5 Å². The molecule has 0 heterocycles. The van der Waals surface area contributed by atoms with Crippen LogP contribution in [0.2, 0.25) is 0 Å². The summed E-state index contributed by atoms with van der Waals surface area (Å²) >= 11 is 0. The summed E-state index contributed by atoms with van der Waals surface area (Å²) in [4.78, 5) is 22.3. The minimum Gasteiger partial charge on any atom is -0.504 e. The molecule has 31 heavy (non-hydrogen) atoms. The van der Waals surface area contributed by atoms with E-state index in [0.717, 1.165) is 6.07 Å². The van der Waals surface area contributed by atoms with E-state index in [4.69, 9.17) is 24.0 Å². The first-order chi connectivity index (χ1) is 14.1. The van der Waals surface area contributed by atoms with Crippen LogP contribution in [0.5, 0.6) is 17.2 Å². The van der Waals surface area contributed by atoms with Crippen molar-refractivity contribution in [2.75, 3.05) is 0 Å². The summed E-state index contributed by atoms with van der Waals surface area (Å²) in [6.45, 7) is 11.3. The third-order valence-electron chi connectivity index (χ3n) is 4.04. The largest absolute Gasteiger partial charge is 0.504 e. The molecule has 0 fully saturated rings. The zero-order chi connectivity index (χ0) is 23.6. The molecule has 1 unspecified atom stereocenters. The van der Waals surface area contributed by atoms with Crippen LogP contribution in [0, 0.1) is 0 Å². The van der Waals surface area contributed by atoms with Crippen molar-refractivity contribution in [1.29, 1.82) is 0 Å². The molecule has 0 aliphatic carbocycles. The third-order valence-corrected chi connectivity index (χ3v) is 7.50. The van der Waals surface area contributed by atoms with E-state index in [0.29, 0.717) is 5.75 Å². The summed E-state index contributed by atoms with van der Waals surface area (Å²) < 4.78 is 17.4. The van der Waals surface area contributed by atoms with Crippen LogP contribution >= 0.6 is 7.51 Å². The third kappa shape index (κ3) is 6.01. The zero-order valence-electron chi connectivity index (χ0n) is 18.4. The van der Waals surface area contributed by atoms with Crippen molar-refractivity contribution in [2.45, 2.75) is 52.2 Å². The molecule has 0 bridgehead atoms. The van der Waals surface area contributed by atoms with Gasteiger partial charge in [-0.05, 0) is 84.0 Å². The van der Waals surface area contributed by atoms with E-state index in [9.17, 15) is 14.7 Å². The van der Waals surface area contributed by atoms with Gasteiger partial charge in [-0.2, -0.15) is 0 Å². The first-order valence-corrected chi connectivity index (χ1v) is 11.1. The predicted octanol–water partition coefficient (Wildman–Crippen LogP) is 5.87. The lowest BCUT2D eigenvalue weighted by Gasteiger charge is -2.37. The Morgan fingerprint density at radius 1 is 0.839 bits per heavy atom. The number of nitrogens with zero attached hydrogens (tertiary/aromatic N) is 1. The molecule has 0 saturated heterocycles. The van der Waals surface area contributed by atoms with Crippen molar-refractivity contribution in [2.24, 2.45) is 4.74 Å². The molecule has 0 radical (unpaired) electrons. The number of aromatic carboxylic acids is 2. The Morgan fingerprint density at radius 2 is 1.35 bits per heavy atom. The molecule has 2 aromatic rings. The minimum atomic E-state index is -3.18. The first-order valence-electron chi connectivity index (χ1n) is 9.56. The molecule has 2 rings (SSSR count). The average molecular weight is 449 g/mol. The molecule has 9 heteroatoms. The fourth-order valence-electron chi connectivity index (χ4n) is 2.54. The van der Waals surface area contributed by atoms with Crippen molar-refractivity contribution < 1.29 is 34.0 Å². The molecule has 2 aromatic carbocycles. The molecule has 3 N–H and O–H groups in total. The van der Waals surface area contributed by atoms with Gasteiger partial charge in [-0.3, -0.25) is 0 Å². The van der Waals surface area contributed by atoms with Gasteiger partial charge in [0.2, 0.25) is 0 Å². The van der Waals surface area contributed by atoms with E-state index in [-0.39, 0.29) is 22.6 Å². The summed E-state index contributed by atoms with van der Waals surface area (Å²) in [5, 5.41) is 28.0. The summed E-state index contributed by atoms with van der Waals surface area (Å²) in [5.74, 6) is -2.16. The number of benzene rings is 2. The second kappa shape index (κ2) is 8.63. The summed E-state index contributed by atoms with van der Waals surface area (Å²) in [6.07, 6.45) is 0. The summed E-state index contributed by atoms with van der Waals surface area (Å²) in [6, 6.07) is 9.70. The Hall–Kier alpha value is -2.99. The fourth-order valence-corrected chi connectivity index (χ4v) is 5.13. The van der Waals surface area contributed by atoms with Gasteiger partial charge in [0, 0.05) is 0 Å². The van der Waals surface area contributed by atoms with E-state index in [1.54, 1.807) is 0 Å². The Balaban J connectivity index is 2.63. The summed E-state index contributed by atoms with van der Waals surface area (Å²) in [5.41, 5.74) is -0.538. The van der Waals surface area contributed by atoms with Gasteiger partial charge in [-0.25, -0.2) is 14.3 Å². The topological polar surface area (TPSA) is 126 Å². The Labute approximate surface area is 181 Å². The lowest BCUT2D eigenvalue weighted by atomic mass is 10.1. The van der Waals surface area contributed by atoms with Crippen LogP contribution in [0.1, 0.15) is 62.3 Å². The highest BCUT2D eigenvalue weighted by molar-refractivity contribution is 7.59. The number of aromatic hydroxyl groups is 1. The Bertz CT molecular complexity index is 1030. The number of carboxylic acid groups (broad SMARTS) is 2. The monoisotopic (exact) mass is 449 g/mol. The number of hydrogen-bond donors (Lipinski definition) is 3. The SMILES string of the molecule is CC(C)(C)N=P(Oc1ccc(C(=O)O)cc1)(Oc1ccc(C(=O)O)cc1O)C(C)(C)C. The highest BCUT2D eigenvalue weighted by Gasteiger charge is 2.42. The maximum atomic E-state index is 11.2. The maximum absolute atomic E-state index is 11.2. The molecule has 1 atom stereocenters. The van der Waals surface area contributed by atoms with Crippen LogP contribution < -0.4 is 9.05 Å². The van der Waals surface area contributed by atoms with Crippen molar-refractivity contribution in [3.63, 3.8) is 0 Å². The average Bonchev–Trinajstić information content (AvgIpc) is 2.61. The van der Waals surface area contributed by atoms with Gasteiger partial charge in [0.1, 0.15) is 5.75 Å². The highest BCUT2D eigenvalue weighted by Crippen LogP contribution is 2.63. The normalized spacial score (nSPS) is 13.7. The predicted molar refractivity (Wildman–Crippen MR) is 119 cm³/mol. The van der Waals surface area contributed by atoms with Crippen molar-refractivity contribution >= 4 is 19.4 Å². The van der Waals surface area contributed by atoms with Gasteiger partial charge >= 0.3 is 19.4 Å². The molecule has 0 aliphatic rings. The number of hydrogen-bond acceptors (Lipinski definition) is 6. The number of rotatable bonds is 6. The number of carboxylic acids is 2. The van der Waals surface area contributed by atoms with E-state index < -0.39 is 30.1 Å². The molecular weight excluding hydrogens is 421 g/mol. The van der Waals surface area contributed by atoms with Gasteiger partial charge in [0.05, 0.1) is 21.8 Å². The summed E-state index contributed by atoms with van der Waals surface area (Å²) in [7, 11) is -3.18. The molecular formula is C22H28NO7P. The van der Waals surface area contributed by atoms with Gasteiger partial charge in [-0.1, -0.05) is 0 Å². The molecule has 0 amide bonds. The Morgan fingerprint density at radius 3 is 1.77 bits per heavy atom. The molecule has 0 aromatic heterocycles. The molecule has 8 nitrogen and oxygen atoms in total. The zero-order valence-corrected chi connectivity index (χ0v) is 19.3. The highest BCUT2D eigenvalue weighted by atomic mass is 31.2. The van der Waals surface area contributed by atoms with Gasteiger partial charge < -0.3 is 24.4 Å². The van der Waals surface area contributed by atoms with E-state index >= 15 is 0 Å². The first kappa shape index (κ1) is 24.3. The Kier molecular flexibility index (Phi) is 6.76. The number of phenols is 1.